The predicted molar refractivity (Wildman–Crippen MR) is 187 cm³/mol. The number of rotatable bonds is 18. The zero-order valence-electron chi connectivity index (χ0n) is 28.5. The third-order valence-electron chi connectivity index (χ3n) is 9.94. The molecule has 4 aromatic carbocycles. The minimum Gasteiger partial charge on any atom is -0.491 e. The van der Waals surface area contributed by atoms with E-state index in [1.54, 1.807) is 0 Å². The summed E-state index contributed by atoms with van der Waals surface area (Å²) in [5.74, 6) is 3.14. The summed E-state index contributed by atoms with van der Waals surface area (Å²) >= 11 is 0. The first-order chi connectivity index (χ1) is 23.3. The van der Waals surface area contributed by atoms with Crippen LogP contribution in [-0.2, 0) is 20.3 Å². The van der Waals surface area contributed by atoms with Crippen LogP contribution in [0.25, 0.3) is 0 Å². The van der Waals surface area contributed by atoms with Crippen molar-refractivity contribution < 1.29 is 33.5 Å². The second-order valence-corrected chi connectivity index (χ2v) is 13.3. The molecule has 0 amide bonds. The second-order valence-electron chi connectivity index (χ2n) is 13.3. The van der Waals surface area contributed by atoms with Gasteiger partial charge in [-0.2, -0.15) is 0 Å². The molecule has 0 aromatic heterocycles. The lowest BCUT2D eigenvalue weighted by Crippen LogP contribution is -2.25. The van der Waals surface area contributed by atoms with Gasteiger partial charge in [0.1, 0.15) is 67.7 Å². The zero-order chi connectivity index (χ0) is 33.6. The first-order valence-corrected chi connectivity index (χ1v) is 17.1. The number of aliphatic hydroxyl groups is 1. The first kappa shape index (κ1) is 33.8. The molecule has 6 rings (SSSR count). The van der Waals surface area contributed by atoms with Crippen LogP contribution in [0.4, 0.5) is 0 Å². The van der Waals surface area contributed by atoms with Crippen molar-refractivity contribution in [1.29, 1.82) is 0 Å². The smallest absolute Gasteiger partial charge is 0.122 e. The van der Waals surface area contributed by atoms with E-state index in [0.717, 1.165) is 37.6 Å². The Kier molecular flexibility index (Phi) is 10.6. The summed E-state index contributed by atoms with van der Waals surface area (Å²) < 4.78 is 33.9. The van der Waals surface area contributed by atoms with Crippen LogP contribution in [0.5, 0.6) is 23.0 Å². The Bertz CT molecular complexity index is 1460. The number of hydrogen-bond donors (Lipinski definition) is 1. The van der Waals surface area contributed by atoms with E-state index < -0.39 is 6.10 Å². The number of ether oxygens (including phenoxy) is 6. The van der Waals surface area contributed by atoms with Gasteiger partial charge in [0.05, 0.1) is 13.2 Å². The maximum Gasteiger partial charge on any atom is 0.122 e. The molecule has 0 spiro atoms. The largest absolute Gasteiger partial charge is 0.491 e. The van der Waals surface area contributed by atoms with Gasteiger partial charge >= 0.3 is 0 Å². The topological polar surface area (TPSA) is 82.2 Å². The minimum absolute atomic E-state index is 0.136. The lowest BCUT2D eigenvalue weighted by atomic mass is 9.74. The van der Waals surface area contributed by atoms with Crippen LogP contribution in [0.2, 0.25) is 0 Å². The summed E-state index contributed by atoms with van der Waals surface area (Å²) in [5, 5.41) is 10.6. The van der Waals surface area contributed by atoms with Crippen LogP contribution in [0, 0.1) is 0 Å². The average Bonchev–Trinajstić information content (AvgIpc) is 4.08. The summed E-state index contributed by atoms with van der Waals surface area (Å²) in [6.07, 6.45) is 1.59. The van der Waals surface area contributed by atoms with Crippen LogP contribution in [0.1, 0.15) is 62.8 Å². The molecule has 4 unspecified atom stereocenters. The van der Waals surface area contributed by atoms with Gasteiger partial charge in [-0.1, -0.05) is 76.2 Å². The van der Waals surface area contributed by atoms with Gasteiger partial charge in [0.2, 0.25) is 0 Å². The van der Waals surface area contributed by atoms with E-state index in [2.05, 4.69) is 76.2 Å². The zero-order valence-corrected chi connectivity index (χ0v) is 28.5. The number of benzene rings is 4. The number of hydrogen-bond acceptors (Lipinski definition) is 7. The number of aliphatic hydroxyl groups excluding tert-OH is 1. The summed E-state index contributed by atoms with van der Waals surface area (Å²) in [7, 11) is 0. The van der Waals surface area contributed by atoms with Crippen LogP contribution in [0.3, 0.4) is 0 Å². The molecule has 2 aliphatic heterocycles. The Balaban J connectivity index is 0.977. The van der Waals surface area contributed by atoms with Crippen molar-refractivity contribution in [2.45, 2.75) is 69.7 Å². The highest BCUT2D eigenvalue weighted by atomic mass is 16.6. The quantitative estimate of drug-likeness (QED) is 0.112. The van der Waals surface area contributed by atoms with Crippen molar-refractivity contribution in [3.63, 3.8) is 0 Å². The Morgan fingerprint density at radius 2 is 0.812 bits per heavy atom. The van der Waals surface area contributed by atoms with Gasteiger partial charge in [0.25, 0.3) is 0 Å². The van der Waals surface area contributed by atoms with Crippen molar-refractivity contribution in [3.05, 3.63) is 119 Å². The van der Waals surface area contributed by atoms with Crippen LogP contribution < -0.4 is 18.9 Å². The van der Waals surface area contributed by atoms with Crippen molar-refractivity contribution in [2.75, 3.05) is 39.6 Å². The van der Waals surface area contributed by atoms with Gasteiger partial charge in [-0.3, -0.25) is 0 Å². The molecule has 0 radical (unpaired) electrons. The minimum atomic E-state index is -0.773. The average molecular weight is 653 g/mol. The van der Waals surface area contributed by atoms with Gasteiger partial charge in [0.15, 0.2) is 0 Å². The second kappa shape index (κ2) is 15.0. The summed E-state index contributed by atoms with van der Waals surface area (Å²) in [4.78, 5) is 0. The van der Waals surface area contributed by atoms with Crippen molar-refractivity contribution >= 4 is 0 Å². The van der Waals surface area contributed by atoms with Gasteiger partial charge in [-0.15, -0.1) is 0 Å². The molecule has 2 fully saturated rings. The fourth-order valence-corrected chi connectivity index (χ4v) is 5.97. The lowest BCUT2D eigenvalue weighted by molar-refractivity contribution is 0.0626. The van der Waals surface area contributed by atoms with E-state index in [0.29, 0.717) is 24.7 Å². The van der Waals surface area contributed by atoms with E-state index in [1.165, 1.54) is 22.3 Å². The molecule has 2 saturated heterocycles. The molecular weight excluding hydrogens is 604 g/mol. The fraction of sp³-hybridized carbons (Fsp3) is 0.415. The highest BCUT2D eigenvalue weighted by Gasteiger charge is 2.29. The van der Waals surface area contributed by atoms with Crippen LogP contribution in [-0.4, -0.2) is 63.1 Å². The number of epoxide rings is 2. The fourth-order valence-electron chi connectivity index (χ4n) is 5.97. The molecule has 4 aromatic rings. The molecule has 254 valence electrons. The SMILES string of the molecule is CCC(C)(c1ccc(OCC(O)COc2ccc(C(C)(CC)c3ccc(OCC4CO4)cc3)cc2)cc1)c1ccc(OCC2CO2)cc1. The Labute approximate surface area is 284 Å². The molecule has 4 atom stereocenters. The van der Waals surface area contributed by atoms with E-state index in [1.807, 2.05) is 48.5 Å². The normalized spacial score (nSPS) is 19.8. The molecular formula is C41H48O7. The van der Waals surface area contributed by atoms with E-state index >= 15 is 0 Å². The van der Waals surface area contributed by atoms with Crippen molar-refractivity contribution in [1.82, 2.24) is 0 Å². The van der Waals surface area contributed by atoms with E-state index in [-0.39, 0.29) is 36.3 Å². The Morgan fingerprint density at radius 3 is 1.06 bits per heavy atom. The summed E-state index contributed by atoms with van der Waals surface area (Å²) in [6.45, 7) is 12.0. The molecule has 2 aliphatic rings. The molecule has 7 nitrogen and oxygen atoms in total. The third-order valence-corrected chi connectivity index (χ3v) is 9.94. The molecule has 1 N–H and O–H groups in total. The first-order valence-electron chi connectivity index (χ1n) is 17.1. The monoisotopic (exact) mass is 652 g/mol. The molecule has 0 saturated carbocycles. The molecule has 7 heteroatoms. The lowest BCUT2D eigenvalue weighted by Gasteiger charge is -2.30. The van der Waals surface area contributed by atoms with Gasteiger partial charge in [-0.25, -0.2) is 0 Å². The Hall–Kier alpha value is -4.04. The summed E-state index contributed by atoms with van der Waals surface area (Å²) in [5.41, 5.74) is 4.56. The van der Waals surface area contributed by atoms with Gasteiger partial charge < -0.3 is 33.5 Å². The molecule has 2 heterocycles. The molecule has 0 aliphatic carbocycles. The Morgan fingerprint density at radius 1 is 0.542 bits per heavy atom. The predicted octanol–water partition coefficient (Wildman–Crippen LogP) is 7.49. The maximum absolute atomic E-state index is 10.6. The van der Waals surface area contributed by atoms with Gasteiger partial charge in [-0.05, 0) is 83.6 Å². The highest BCUT2D eigenvalue weighted by Crippen LogP contribution is 2.38. The molecule has 48 heavy (non-hydrogen) atoms. The maximum atomic E-state index is 10.6. The standard InChI is InChI=1S/C41H48O7/c1-5-40(3,31-11-19-36(20-12-31)45-25-38-27-47-38)29-7-15-34(16-8-29)43-23-33(42)24-44-35-17-9-30(10-18-35)41(4,6-2)32-13-21-37(22-14-32)46-26-39-28-48-39/h7-22,33,38-39,42H,5-6,23-28H2,1-4H3. The van der Waals surface area contributed by atoms with Crippen molar-refractivity contribution in [2.24, 2.45) is 0 Å². The third kappa shape index (κ3) is 8.32. The van der Waals surface area contributed by atoms with Gasteiger partial charge in [0, 0.05) is 10.8 Å². The van der Waals surface area contributed by atoms with Crippen molar-refractivity contribution in [3.8, 4) is 23.0 Å². The van der Waals surface area contributed by atoms with Crippen LogP contribution in [0.15, 0.2) is 97.1 Å². The van der Waals surface area contributed by atoms with Crippen LogP contribution >= 0.6 is 0 Å². The van der Waals surface area contributed by atoms with E-state index in [9.17, 15) is 5.11 Å². The molecule has 0 bridgehead atoms. The highest BCUT2D eigenvalue weighted by molar-refractivity contribution is 5.44. The summed E-state index contributed by atoms with van der Waals surface area (Å²) in [6, 6.07) is 33.0. The van der Waals surface area contributed by atoms with E-state index in [4.69, 9.17) is 28.4 Å².